The molecule has 2 rings (SSSR count). The summed E-state index contributed by atoms with van der Waals surface area (Å²) in [7, 11) is 4.05. The largest absolute Gasteiger partial charge is 0.378 e. The van der Waals surface area contributed by atoms with Gasteiger partial charge in [0, 0.05) is 26.3 Å². The Balaban J connectivity index is 1.98. The Morgan fingerprint density at radius 3 is 2.68 bits per heavy atom. The summed E-state index contributed by atoms with van der Waals surface area (Å²) in [6, 6.07) is 8.35. The van der Waals surface area contributed by atoms with E-state index in [0.29, 0.717) is 19.0 Å². The van der Waals surface area contributed by atoms with Crippen LogP contribution < -0.4 is 10.2 Å². The number of benzene rings is 1. The van der Waals surface area contributed by atoms with E-state index in [1.54, 1.807) is 10.8 Å². The van der Waals surface area contributed by atoms with Crippen molar-refractivity contribution in [1.82, 2.24) is 20.2 Å². The SMILES string of the molecule is C=CCn1nnnc1NCc1ccc(N(C)C)cc1. The van der Waals surface area contributed by atoms with Crippen LogP contribution in [-0.4, -0.2) is 34.3 Å². The summed E-state index contributed by atoms with van der Waals surface area (Å²) in [5, 5.41) is 14.6. The molecule has 0 aliphatic rings. The van der Waals surface area contributed by atoms with Crippen LogP contribution in [0.5, 0.6) is 0 Å². The van der Waals surface area contributed by atoms with Crippen LogP contribution in [0.2, 0.25) is 0 Å². The average Bonchev–Trinajstić information content (AvgIpc) is 2.85. The van der Waals surface area contributed by atoms with Gasteiger partial charge in [-0.15, -0.1) is 6.58 Å². The fraction of sp³-hybridized carbons (Fsp3) is 0.308. The van der Waals surface area contributed by atoms with Crippen LogP contribution >= 0.6 is 0 Å². The quantitative estimate of drug-likeness (QED) is 0.796. The van der Waals surface area contributed by atoms with Gasteiger partial charge in [0.25, 0.3) is 0 Å². The summed E-state index contributed by atoms with van der Waals surface area (Å²) >= 11 is 0. The third-order valence-electron chi connectivity index (χ3n) is 2.74. The normalized spacial score (nSPS) is 10.2. The number of hydrogen-bond donors (Lipinski definition) is 1. The Labute approximate surface area is 112 Å². The minimum absolute atomic E-state index is 0.592. The van der Waals surface area contributed by atoms with E-state index in [1.807, 2.05) is 14.1 Å². The average molecular weight is 258 g/mol. The Hall–Kier alpha value is -2.37. The predicted octanol–water partition coefficient (Wildman–Crippen LogP) is 1.54. The van der Waals surface area contributed by atoms with Crippen molar-refractivity contribution in [2.24, 2.45) is 0 Å². The Morgan fingerprint density at radius 1 is 1.32 bits per heavy atom. The number of rotatable bonds is 6. The van der Waals surface area contributed by atoms with Crippen molar-refractivity contribution in [2.75, 3.05) is 24.3 Å². The van der Waals surface area contributed by atoms with Gasteiger partial charge in [0.15, 0.2) is 0 Å². The summed E-state index contributed by atoms with van der Waals surface area (Å²) in [5.41, 5.74) is 2.36. The molecule has 1 N–H and O–H groups in total. The topological polar surface area (TPSA) is 58.9 Å². The molecule has 1 aromatic heterocycles. The Kier molecular flexibility index (Phi) is 4.12. The van der Waals surface area contributed by atoms with Crippen LogP contribution in [-0.2, 0) is 13.1 Å². The molecule has 6 nitrogen and oxygen atoms in total. The molecule has 2 aromatic rings. The molecule has 100 valence electrons. The predicted molar refractivity (Wildman–Crippen MR) is 76.1 cm³/mol. The van der Waals surface area contributed by atoms with E-state index in [9.17, 15) is 0 Å². The molecule has 1 heterocycles. The summed E-state index contributed by atoms with van der Waals surface area (Å²) in [4.78, 5) is 2.07. The van der Waals surface area contributed by atoms with Crippen molar-refractivity contribution in [3.63, 3.8) is 0 Å². The van der Waals surface area contributed by atoms with Crippen molar-refractivity contribution < 1.29 is 0 Å². The highest BCUT2D eigenvalue weighted by Crippen LogP contribution is 2.13. The molecular weight excluding hydrogens is 240 g/mol. The Bertz CT molecular complexity index is 528. The molecule has 0 radical (unpaired) electrons. The molecule has 0 bridgehead atoms. The maximum atomic E-state index is 3.93. The van der Waals surface area contributed by atoms with Gasteiger partial charge in [0.2, 0.25) is 5.95 Å². The lowest BCUT2D eigenvalue weighted by Crippen LogP contribution is -2.10. The van der Waals surface area contributed by atoms with Crippen LogP contribution in [0, 0.1) is 0 Å². The van der Waals surface area contributed by atoms with E-state index in [2.05, 4.69) is 56.6 Å². The van der Waals surface area contributed by atoms with Gasteiger partial charge in [-0.05, 0) is 28.1 Å². The summed E-state index contributed by atoms with van der Waals surface area (Å²) < 4.78 is 1.67. The van der Waals surface area contributed by atoms with Gasteiger partial charge >= 0.3 is 0 Å². The highest BCUT2D eigenvalue weighted by atomic mass is 15.6. The standard InChI is InChI=1S/C13H18N6/c1-4-9-19-13(15-16-17-19)14-10-11-5-7-12(8-6-11)18(2)3/h4-8H,1,9-10H2,2-3H3,(H,14,15,17). The van der Waals surface area contributed by atoms with Crippen LogP contribution in [0.3, 0.4) is 0 Å². The first-order chi connectivity index (χ1) is 9.20. The molecule has 0 saturated heterocycles. The maximum absolute atomic E-state index is 3.93. The van der Waals surface area contributed by atoms with Gasteiger partial charge < -0.3 is 10.2 Å². The van der Waals surface area contributed by atoms with Gasteiger partial charge in [-0.2, -0.15) is 0 Å². The van der Waals surface area contributed by atoms with Crippen molar-refractivity contribution in [1.29, 1.82) is 0 Å². The van der Waals surface area contributed by atoms with Crippen LogP contribution in [0.4, 0.5) is 11.6 Å². The second-order valence-corrected chi connectivity index (χ2v) is 4.39. The van der Waals surface area contributed by atoms with Gasteiger partial charge in [0.1, 0.15) is 0 Å². The van der Waals surface area contributed by atoms with E-state index in [0.717, 1.165) is 0 Å². The van der Waals surface area contributed by atoms with Crippen LogP contribution in [0.25, 0.3) is 0 Å². The fourth-order valence-electron chi connectivity index (χ4n) is 1.67. The van der Waals surface area contributed by atoms with Gasteiger partial charge in [-0.25, -0.2) is 4.68 Å². The smallest absolute Gasteiger partial charge is 0.243 e. The van der Waals surface area contributed by atoms with Crippen molar-refractivity contribution in [2.45, 2.75) is 13.1 Å². The first kappa shape index (κ1) is 13.1. The first-order valence-electron chi connectivity index (χ1n) is 6.08. The van der Waals surface area contributed by atoms with Crippen molar-refractivity contribution in [3.8, 4) is 0 Å². The lowest BCUT2D eigenvalue weighted by atomic mass is 10.2. The third-order valence-corrected chi connectivity index (χ3v) is 2.74. The molecule has 0 fully saturated rings. The third kappa shape index (κ3) is 3.31. The molecule has 0 unspecified atom stereocenters. The molecule has 0 aliphatic heterocycles. The number of nitrogens with one attached hydrogen (secondary N) is 1. The fourth-order valence-corrected chi connectivity index (χ4v) is 1.67. The summed E-state index contributed by atoms with van der Waals surface area (Å²) in [5.74, 6) is 0.650. The van der Waals surface area contributed by atoms with E-state index in [-0.39, 0.29) is 0 Å². The number of tetrazole rings is 1. The lowest BCUT2D eigenvalue weighted by molar-refractivity contribution is 0.663. The van der Waals surface area contributed by atoms with Gasteiger partial charge in [-0.3, -0.25) is 0 Å². The highest BCUT2D eigenvalue weighted by Gasteiger charge is 2.03. The maximum Gasteiger partial charge on any atom is 0.243 e. The van der Waals surface area contributed by atoms with Gasteiger partial charge in [0.05, 0.1) is 6.54 Å². The zero-order valence-corrected chi connectivity index (χ0v) is 11.2. The van der Waals surface area contributed by atoms with Gasteiger partial charge in [-0.1, -0.05) is 23.3 Å². The van der Waals surface area contributed by atoms with E-state index in [4.69, 9.17) is 0 Å². The molecule has 0 aliphatic carbocycles. The van der Waals surface area contributed by atoms with E-state index >= 15 is 0 Å². The number of aromatic nitrogens is 4. The monoisotopic (exact) mass is 258 g/mol. The second-order valence-electron chi connectivity index (χ2n) is 4.39. The number of anilines is 2. The summed E-state index contributed by atoms with van der Waals surface area (Å²) in [6.45, 7) is 4.95. The molecular formula is C13H18N6. The van der Waals surface area contributed by atoms with Crippen LogP contribution in [0.15, 0.2) is 36.9 Å². The zero-order chi connectivity index (χ0) is 13.7. The molecule has 0 atom stereocenters. The molecule has 0 saturated carbocycles. The van der Waals surface area contributed by atoms with E-state index in [1.165, 1.54) is 11.3 Å². The minimum Gasteiger partial charge on any atom is -0.378 e. The molecule has 1 aromatic carbocycles. The van der Waals surface area contributed by atoms with Crippen molar-refractivity contribution >= 4 is 11.6 Å². The molecule has 0 spiro atoms. The zero-order valence-electron chi connectivity index (χ0n) is 11.2. The molecule has 0 amide bonds. The lowest BCUT2D eigenvalue weighted by Gasteiger charge is -2.13. The Morgan fingerprint density at radius 2 is 2.05 bits per heavy atom. The second kappa shape index (κ2) is 5.99. The first-order valence-corrected chi connectivity index (χ1v) is 6.08. The van der Waals surface area contributed by atoms with Crippen LogP contribution in [0.1, 0.15) is 5.56 Å². The van der Waals surface area contributed by atoms with E-state index < -0.39 is 0 Å². The van der Waals surface area contributed by atoms with Crippen molar-refractivity contribution in [3.05, 3.63) is 42.5 Å². The molecule has 6 heteroatoms. The number of allylic oxidation sites excluding steroid dienone is 1. The summed E-state index contributed by atoms with van der Waals surface area (Å²) in [6.07, 6.45) is 1.76. The number of hydrogen-bond acceptors (Lipinski definition) is 5. The number of nitrogens with zero attached hydrogens (tertiary/aromatic N) is 5. The molecule has 19 heavy (non-hydrogen) atoms. The minimum atomic E-state index is 0.592. The highest BCUT2D eigenvalue weighted by molar-refractivity contribution is 5.46.